The van der Waals surface area contributed by atoms with Crippen LogP contribution in [0.5, 0.6) is 0 Å². The number of fused-ring (bicyclic) bond motifs is 1. The molecule has 0 aromatic heterocycles. The van der Waals surface area contributed by atoms with Crippen LogP contribution in [0.4, 0.5) is 5.69 Å². The molecular formula is C22H21NO. The second-order valence-corrected chi connectivity index (χ2v) is 6.20. The molecule has 3 aromatic carbocycles. The Bertz CT molecular complexity index is 905. The highest BCUT2D eigenvalue weighted by Gasteiger charge is 2.00. The van der Waals surface area contributed by atoms with Gasteiger partial charge in [-0.1, -0.05) is 54.6 Å². The van der Waals surface area contributed by atoms with Crippen molar-refractivity contribution in [1.82, 2.24) is 0 Å². The fourth-order valence-electron chi connectivity index (χ4n) is 2.65. The molecular weight excluding hydrogens is 294 g/mol. The number of Topliss-reactive ketones (excluding diaryl/α,β-unsaturated/α-hetero) is 1. The lowest BCUT2D eigenvalue weighted by molar-refractivity contribution is 0.101. The van der Waals surface area contributed by atoms with E-state index in [0.717, 1.165) is 16.7 Å². The summed E-state index contributed by atoms with van der Waals surface area (Å²) in [5, 5.41) is 2.47. The van der Waals surface area contributed by atoms with E-state index in [1.807, 2.05) is 24.3 Å². The molecule has 0 atom stereocenters. The molecule has 0 radical (unpaired) electrons. The van der Waals surface area contributed by atoms with Gasteiger partial charge in [-0.15, -0.1) is 0 Å². The number of hydrogen-bond acceptors (Lipinski definition) is 2. The zero-order valence-electron chi connectivity index (χ0n) is 14.3. The Morgan fingerprint density at radius 1 is 0.792 bits per heavy atom. The quantitative estimate of drug-likeness (QED) is 0.482. The largest absolute Gasteiger partial charge is 0.378 e. The number of carbonyl (C=O) groups excluding carboxylic acids is 1. The minimum absolute atomic E-state index is 0.0946. The Hall–Kier alpha value is -2.87. The standard InChI is InChI=1S/C22H21NO/c1-16(24)19-9-6-17(7-10-19)4-5-18-8-11-21-15-22(23(2)3)13-12-20(21)14-18/h4-15H,1-3H3/b5-4+. The Balaban J connectivity index is 1.84. The van der Waals surface area contributed by atoms with Crippen molar-refractivity contribution in [3.8, 4) is 0 Å². The first-order valence-electron chi connectivity index (χ1n) is 8.03. The van der Waals surface area contributed by atoms with Crippen molar-refractivity contribution in [2.75, 3.05) is 19.0 Å². The molecule has 3 aromatic rings. The zero-order valence-corrected chi connectivity index (χ0v) is 14.3. The van der Waals surface area contributed by atoms with Crippen molar-refractivity contribution in [3.05, 3.63) is 77.4 Å². The number of hydrogen-bond donors (Lipinski definition) is 0. The number of carbonyl (C=O) groups is 1. The van der Waals surface area contributed by atoms with E-state index >= 15 is 0 Å². The van der Waals surface area contributed by atoms with E-state index in [2.05, 4.69) is 67.5 Å². The van der Waals surface area contributed by atoms with Gasteiger partial charge in [0.25, 0.3) is 0 Å². The predicted molar refractivity (Wildman–Crippen MR) is 104 cm³/mol. The topological polar surface area (TPSA) is 20.3 Å². The van der Waals surface area contributed by atoms with Crippen LogP contribution in [0.2, 0.25) is 0 Å². The molecule has 3 rings (SSSR count). The van der Waals surface area contributed by atoms with Gasteiger partial charge >= 0.3 is 0 Å². The molecule has 0 aliphatic rings. The van der Waals surface area contributed by atoms with Crippen LogP contribution in [0.3, 0.4) is 0 Å². The van der Waals surface area contributed by atoms with Gasteiger partial charge in [0.15, 0.2) is 5.78 Å². The summed E-state index contributed by atoms with van der Waals surface area (Å²) in [6.07, 6.45) is 4.17. The maximum absolute atomic E-state index is 11.3. The molecule has 2 nitrogen and oxygen atoms in total. The molecule has 0 fully saturated rings. The predicted octanol–water partition coefficient (Wildman–Crippen LogP) is 5.28. The SMILES string of the molecule is CC(=O)c1ccc(/C=C/c2ccc3cc(N(C)C)ccc3c2)cc1. The number of anilines is 1. The van der Waals surface area contributed by atoms with Gasteiger partial charge in [0.2, 0.25) is 0 Å². The lowest BCUT2D eigenvalue weighted by Crippen LogP contribution is -2.07. The first kappa shape index (κ1) is 16.0. The van der Waals surface area contributed by atoms with Crippen LogP contribution >= 0.6 is 0 Å². The van der Waals surface area contributed by atoms with Gasteiger partial charge < -0.3 is 4.90 Å². The Morgan fingerprint density at radius 3 is 2.04 bits per heavy atom. The lowest BCUT2D eigenvalue weighted by Gasteiger charge is -2.13. The molecule has 0 saturated carbocycles. The van der Waals surface area contributed by atoms with E-state index in [1.165, 1.54) is 16.5 Å². The van der Waals surface area contributed by atoms with Gasteiger partial charge in [-0.05, 0) is 47.0 Å². The van der Waals surface area contributed by atoms with Crippen molar-refractivity contribution in [2.24, 2.45) is 0 Å². The highest BCUT2D eigenvalue weighted by atomic mass is 16.1. The Labute approximate surface area is 143 Å². The molecule has 0 heterocycles. The lowest BCUT2D eigenvalue weighted by atomic mass is 10.0. The first-order valence-corrected chi connectivity index (χ1v) is 8.03. The van der Waals surface area contributed by atoms with Gasteiger partial charge in [0.1, 0.15) is 0 Å². The van der Waals surface area contributed by atoms with E-state index in [9.17, 15) is 4.79 Å². The van der Waals surface area contributed by atoms with E-state index in [1.54, 1.807) is 6.92 Å². The van der Waals surface area contributed by atoms with Crippen LogP contribution in [0, 0.1) is 0 Å². The van der Waals surface area contributed by atoms with Crippen molar-refractivity contribution in [2.45, 2.75) is 6.92 Å². The maximum atomic E-state index is 11.3. The summed E-state index contributed by atoms with van der Waals surface area (Å²) in [5.74, 6) is 0.0946. The third-order valence-corrected chi connectivity index (χ3v) is 4.15. The van der Waals surface area contributed by atoms with Crippen LogP contribution in [0.1, 0.15) is 28.4 Å². The number of nitrogens with zero attached hydrogens (tertiary/aromatic N) is 1. The Kier molecular flexibility index (Phi) is 4.48. The molecule has 0 unspecified atom stereocenters. The van der Waals surface area contributed by atoms with E-state index < -0.39 is 0 Å². The fourth-order valence-corrected chi connectivity index (χ4v) is 2.65. The number of rotatable bonds is 4. The molecule has 0 bridgehead atoms. The van der Waals surface area contributed by atoms with Crippen LogP contribution in [-0.2, 0) is 0 Å². The highest BCUT2D eigenvalue weighted by Crippen LogP contribution is 2.23. The van der Waals surface area contributed by atoms with E-state index in [4.69, 9.17) is 0 Å². The van der Waals surface area contributed by atoms with Crippen molar-refractivity contribution >= 4 is 34.4 Å². The van der Waals surface area contributed by atoms with Gasteiger partial charge in [0.05, 0.1) is 0 Å². The maximum Gasteiger partial charge on any atom is 0.159 e. The zero-order chi connectivity index (χ0) is 17.1. The second kappa shape index (κ2) is 6.71. The van der Waals surface area contributed by atoms with Gasteiger partial charge in [-0.25, -0.2) is 0 Å². The third kappa shape index (κ3) is 3.54. The summed E-state index contributed by atoms with van der Waals surface area (Å²) in [4.78, 5) is 13.4. The van der Waals surface area contributed by atoms with Crippen LogP contribution in [0.25, 0.3) is 22.9 Å². The van der Waals surface area contributed by atoms with Crippen molar-refractivity contribution in [3.63, 3.8) is 0 Å². The second-order valence-electron chi connectivity index (χ2n) is 6.20. The summed E-state index contributed by atoms with van der Waals surface area (Å²) in [7, 11) is 4.10. The molecule has 0 spiro atoms. The molecule has 0 N–H and O–H groups in total. The molecule has 0 saturated heterocycles. The summed E-state index contributed by atoms with van der Waals surface area (Å²) in [6.45, 7) is 1.58. The summed E-state index contributed by atoms with van der Waals surface area (Å²) < 4.78 is 0. The minimum atomic E-state index is 0.0946. The molecule has 0 amide bonds. The van der Waals surface area contributed by atoms with Crippen LogP contribution in [0.15, 0.2) is 60.7 Å². The fraction of sp³-hybridized carbons (Fsp3) is 0.136. The van der Waals surface area contributed by atoms with Crippen molar-refractivity contribution in [1.29, 1.82) is 0 Å². The van der Waals surface area contributed by atoms with Crippen LogP contribution < -0.4 is 4.90 Å². The Morgan fingerprint density at radius 2 is 1.38 bits per heavy atom. The molecule has 0 aliphatic heterocycles. The highest BCUT2D eigenvalue weighted by molar-refractivity contribution is 5.94. The molecule has 0 aliphatic carbocycles. The summed E-state index contributed by atoms with van der Waals surface area (Å²) in [6, 6.07) is 20.6. The number of benzene rings is 3. The van der Waals surface area contributed by atoms with Gasteiger partial charge in [0, 0.05) is 25.3 Å². The molecule has 2 heteroatoms. The summed E-state index contributed by atoms with van der Waals surface area (Å²) in [5.41, 5.74) is 4.20. The third-order valence-electron chi connectivity index (χ3n) is 4.15. The van der Waals surface area contributed by atoms with Gasteiger partial charge in [-0.3, -0.25) is 4.79 Å². The van der Waals surface area contributed by atoms with Crippen molar-refractivity contribution < 1.29 is 4.79 Å². The summed E-state index contributed by atoms with van der Waals surface area (Å²) >= 11 is 0. The molecule has 120 valence electrons. The first-order chi connectivity index (χ1) is 11.5. The average Bonchev–Trinajstić information content (AvgIpc) is 2.59. The van der Waals surface area contributed by atoms with Crippen LogP contribution in [-0.4, -0.2) is 19.9 Å². The minimum Gasteiger partial charge on any atom is -0.378 e. The molecule has 24 heavy (non-hydrogen) atoms. The van der Waals surface area contributed by atoms with E-state index in [0.29, 0.717) is 0 Å². The average molecular weight is 315 g/mol. The normalized spacial score (nSPS) is 11.1. The smallest absolute Gasteiger partial charge is 0.159 e. The van der Waals surface area contributed by atoms with Gasteiger partial charge in [-0.2, -0.15) is 0 Å². The monoisotopic (exact) mass is 315 g/mol. The van der Waals surface area contributed by atoms with E-state index in [-0.39, 0.29) is 5.78 Å². The number of ketones is 1.